The number of nitrogens with one attached hydrogen (secondary N) is 1. The van der Waals surface area contributed by atoms with E-state index in [9.17, 15) is 9.59 Å². The third-order valence-electron chi connectivity index (χ3n) is 6.60. The Balaban J connectivity index is 1.42. The first-order chi connectivity index (χ1) is 17.0. The van der Waals surface area contributed by atoms with Gasteiger partial charge < -0.3 is 15.0 Å². The van der Waals surface area contributed by atoms with Crippen molar-refractivity contribution in [3.05, 3.63) is 65.2 Å². The highest BCUT2D eigenvalue weighted by Gasteiger charge is 2.40. The van der Waals surface area contributed by atoms with Crippen LogP contribution < -0.4 is 5.32 Å². The Morgan fingerprint density at radius 2 is 1.77 bits per heavy atom. The molecule has 2 amide bonds. The maximum atomic E-state index is 14.0. The van der Waals surface area contributed by atoms with Gasteiger partial charge in [0, 0.05) is 52.9 Å². The molecule has 0 aliphatic carbocycles. The largest absolute Gasteiger partial charge is 0.385 e. The number of para-hydroxylation sites is 1. The van der Waals surface area contributed by atoms with E-state index < -0.39 is 5.41 Å². The molecule has 1 aromatic heterocycles. The van der Waals surface area contributed by atoms with E-state index in [-0.39, 0.29) is 11.8 Å². The Labute approximate surface area is 211 Å². The third kappa shape index (κ3) is 6.25. The monoisotopic (exact) mass is 494 g/mol. The van der Waals surface area contributed by atoms with Crippen LogP contribution in [-0.2, 0) is 26.2 Å². The van der Waals surface area contributed by atoms with Crippen molar-refractivity contribution in [3.8, 4) is 0 Å². The number of piperazine rings is 1. The van der Waals surface area contributed by atoms with Crippen LogP contribution in [0.25, 0.3) is 10.2 Å². The van der Waals surface area contributed by atoms with Crippen molar-refractivity contribution >= 4 is 33.4 Å². The molecule has 2 heterocycles. The molecule has 1 aliphatic rings. The zero-order valence-corrected chi connectivity index (χ0v) is 21.4. The van der Waals surface area contributed by atoms with Gasteiger partial charge in [-0.2, -0.15) is 0 Å². The summed E-state index contributed by atoms with van der Waals surface area (Å²) in [5, 5.41) is 3.90. The number of benzene rings is 2. The van der Waals surface area contributed by atoms with Crippen molar-refractivity contribution in [1.29, 1.82) is 0 Å². The van der Waals surface area contributed by atoms with Crippen LogP contribution >= 0.6 is 11.3 Å². The molecule has 186 valence electrons. The highest BCUT2D eigenvalue weighted by molar-refractivity contribution is 7.18. The summed E-state index contributed by atoms with van der Waals surface area (Å²) in [5.74, 6) is 0.137. The number of carbonyl (C=O) groups excluding carboxylic acids is 2. The number of amides is 2. The van der Waals surface area contributed by atoms with Crippen molar-refractivity contribution in [2.24, 2.45) is 0 Å². The van der Waals surface area contributed by atoms with Gasteiger partial charge in [-0.3, -0.25) is 14.5 Å². The maximum Gasteiger partial charge on any atom is 0.234 e. The van der Waals surface area contributed by atoms with Crippen LogP contribution in [0.1, 0.15) is 23.9 Å². The van der Waals surface area contributed by atoms with Crippen LogP contribution in [0.4, 0.5) is 0 Å². The summed E-state index contributed by atoms with van der Waals surface area (Å²) in [6.45, 7) is 6.24. The maximum absolute atomic E-state index is 14.0. The number of rotatable bonds is 10. The van der Waals surface area contributed by atoms with Crippen molar-refractivity contribution in [1.82, 2.24) is 20.1 Å². The number of fused-ring (bicyclic) bond motifs is 1. The predicted molar refractivity (Wildman–Crippen MR) is 140 cm³/mol. The fourth-order valence-corrected chi connectivity index (χ4v) is 5.69. The summed E-state index contributed by atoms with van der Waals surface area (Å²) >= 11 is 1.66. The van der Waals surface area contributed by atoms with E-state index >= 15 is 0 Å². The molecule has 0 bridgehead atoms. The lowest BCUT2D eigenvalue weighted by Gasteiger charge is -2.39. The summed E-state index contributed by atoms with van der Waals surface area (Å²) in [7, 11) is 1.66. The molecule has 0 radical (unpaired) electrons. The molecule has 1 fully saturated rings. The van der Waals surface area contributed by atoms with E-state index in [1.54, 1.807) is 18.4 Å². The van der Waals surface area contributed by atoms with Gasteiger partial charge in [0.15, 0.2) is 0 Å². The fraction of sp³-hybridized carbons (Fsp3) is 0.444. The molecule has 3 aromatic rings. The van der Waals surface area contributed by atoms with Gasteiger partial charge in [-0.15, -0.1) is 11.3 Å². The molecule has 1 saturated heterocycles. The molecule has 1 unspecified atom stereocenters. The van der Waals surface area contributed by atoms with E-state index in [1.807, 2.05) is 60.4 Å². The number of methoxy groups -OCH3 is 1. The van der Waals surface area contributed by atoms with Gasteiger partial charge in [-0.25, -0.2) is 4.98 Å². The number of nitrogens with zero attached hydrogens (tertiary/aromatic N) is 3. The minimum atomic E-state index is -0.712. The van der Waals surface area contributed by atoms with Gasteiger partial charge in [0.05, 0.1) is 27.2 Å². The second kappa shape index (κ2) is 11.7. The van der Waals surface area contributed by atoms with Crippen LogP contribution in [0.2, 0.25) is 0 Å². The molecule has 2 aromatic carbocycles. The molecular weight excluding hydrogens is 460 g/mol. The van der Waals surface area contributed by atoms with Crippen molar-refractivity contribution < 1.29 is 14.3 Å². The van der Waals surface area contributed by atoms with Crippen molar-refractivity contribution in [3.63, 3.8) is 0 Å². The fourth-order valence-electron chi connectivity index (χ4n) is 4.57. The normalized spacial score (nSPS) is 16.2. The average molecular weight is 495 g/mol. The lowest BCUT2D eigenvalue weighted by molar-refractivity contribution is -0.139. The van der Waals surface area contributed by atoms with Crippen molar-refractivity contribution in [2.75, 3.05) is 53.0 Å². The Hall–Kier alpha value is -2.81. The number of aromatic nitrogens is 1. The quantitative estimate of drug-likeness (QED) is 0.439. The summed E-state index contributed by atoms with van der Waals surface area (Å²) in [6, 6.07) is 18.1. The highest BCUT2D eigenvalue weighted by Crippen LogP contribution is 2.34. The zero-order chi connectivity index (χ0) is 24.7. The molecule has 35 heavy (non-hydrogen) atoms. The molecule has 0 spiro atoms. The van der Waals surface area contributed by atoms with Crippen LogP contribution in [0.5, 0.6) is 0 Å². The van der Waals surface area contributed by atoms with E-state index in [4.69, 9.17) is 9.72 Å². The van der Waals surface area contributed by atoms with E-state index in [0.29, 0.717) is 52.3 Å². The van der Waals surface area contributed by atoms with Crippen molar-refractivity contribution in [2.45, 2.75) is 25.2 Å². The first-order valence-electron chi connectivity index (χ1n) is 12.2. The smallest absolute Gasteiger partial charge is 0.234 e. The van der Waals surface area contributed by atoms with Gasteiger partial charge >= 0.3 is 0 Å². The molecule has 8 heteroatoms. The SMILES string of the molecule is COCCCNC(=O)CN1CCN(C(=O)C(C)(Cc2nc3ccccc3s2)c2ccccc2)CC1. The first-order valence-corrected chi connectivity index (χ1v) is 13.0. The summed E-state index contributed by atoms with van der Waals surface area (Å²) in [4.78, 5) is 35.1. The molecule has 1 atom stereocenters. The Bertz CT molecular complexity index is 1090. The first kappa shape index (κ1) is 25.3. The van der Waals surface area contributed by atoms with Crippen LogP contribution in [0, 0.1) is 0 Å². The number of hydrogen-bond donors (Lipinski definition) is 1. The average Bonchev–Trinajstić information content (AvgIpc) is 3.29. The van der Waals surface area contributed by atoms with E-state index in [0.717, 1.165) is 27.2 Å². The van der Waals surface area contributed by atoms with Crippen LogP contribution in [0.15, 0.2) is 54.6 Å². The minimum Gasteiger partial charge on any atom is -0.385 e. The predicted octanol–water partition coefficient (Wildman–Crippen LogP) is 3.09. The number of hydrogen-bond acceptors (Lipinski definition) is 6. The molecule has 4 rings (SSSR count). The molecule has 1 N–H and O–H groups in total. The number of carbonyl (C=O) groups is 2. The van der Waals surface area contributed by atoms with Gasteiger partial charge in [0.25, 0.3) is 0 Å². The summed E-state index contributed by atoms with van der Waals surface area (Å²) in [5.41, 5.74) is 1.27. The van der Waals surface area contributed by atoms with Gasteiger partial charge in [0.1, 0.15) is 0 Å². The van der Waals surface area contributed by atoms with Crippen LogP contribution in [-0.4, -0.2) is 79.6 Å². The molecule has 0 saturated carbocycles. The number of thiazole rings is 1. The second-order valence-corrected chi connectivity index (χ2v) is 10.3. The molecular formula is C27H34N4O3S. The second-order valence-electron chi connectivity index (χ2n) is 9.21. The van der Waals surface area contributed by atoms with Gasteiger partial charge in [0.2, 0.25) is 11.8 Å². The lowest BCUT2D eigenvalue weighted by atomic mass is 9.78. The third-order valence-corrected chi connectivity index (χ3v) is 7.64. The standard InChI is InChI=1S/C27H34N4O3S/c1-27(21-9-4-3-5-10-21,19-25-29-22-11-6-7-12-23(22)35-25)26(33)31-16-14-30(15-17-31)20-24(32)28-13-8-18-34-2/h3-7,9-12H,8,13-20H2,1-2H3,(H,28,32). The Kier molecular flexibility index (Phi) is 8.49. The summed E-state index contributed by atoms with van der Waals surface area (Å²) < 4.78 is 6.16. The minimum absolute atomic E-state index is 0.0193. The molecule has 1 aliphatic heterocycles. The van der Waals surface area contributed by atoms with Gasteiger partial charge in [-0.1, -0.05) is 42.5 Å². The zero-order valence-electron chi connectivity index (χ0n) is 20.5. The van der Waals surface area contributed by atoms with Crippen LogP contribution in [0.3, 0.4) is 0 Å². The number of ether oxygens (including phenoxy) is 1. The lowest BCUT2D eigenvalue weighted by Crippen LogP contribution is -2.55. The van der Waals surface area contributed by atoms with Gasteiger partial charge in [-0.05, 0) is 31.0 Å². The Morgan fingerprint density at radius 1 is 1.06 bits per heavy atom. The van der Waals surface area contributed by atoms with E-state index in [1.165, 1.54) is 0 Å². The Morgan fingerprint density at radius 3 is 2.49 bits per heavy atom. The van der Waals surface area contributed by atoms with E-state index in [2.05, 4.69) is 16.3 Å². The summed E-state index contributed by atoms with van der Waals surface area (Å²) in [6.07, 6.45) is 1.36. The molecule has 7 nitrogen and oxygen atoms in total. The topological polar surface area (TPSA) is 74.8 Å². The highest BCUT2D eigenvalue weighted by atomic mass is 32.1.